The number of hydrogen-bond donors (Lipinski definition) is 1. The molecule has 1 aliphatic heterocycles. The van der Waals surface area contributed by atoms with E-state index in [-0.39, 0.29) is 12.0 Å². The molecule has 1 heterocycles. The predicted molar refractivity (Wildman–Crippen MR) is 66.8 cm³/mol. The van der Waals surface area contributed by atoms with E-state index in [2.05, 4.69) is 13.8 Å². The van der Waals surface area contributed by atoms with Crippen LogP contribution in [0, 0.1) is 11.8 Å². The van der Waals surface area contributed by atoms with Crippen LogP contribution in [-0.4, -0.2) is 40.9 Å². The number of likely N-dealkylation sites (tertiary alicyclic amines) is 1. The Bertz CT molecular complexity index is 270. The zero-order valence-electron chi connectivity index (χ0n) is 11.6. The lowest BCUT2D eigenvalue weighted by Gasteiger charge is -2.24. The number of carbonyl (C=O) groups excluding carboxylic acids is 1. The maximum absolute atomic E-state index is 11.8. The first-order valence-corrected chi connectivity index (χ1v) is 6.35. The number of ether oxygens (including phenoxy) is 1. The van der Waals surface area contributed by atoms with E-state index in [1.54, 1.807) is 4.90 Å². The molecule has 0 aromatic carbocycles. The molecule has 0 aromatic heterocycles. The summed E-state index contributed by atoms with van der Waals surface area (Å²) in [5.41, 5.74) is -0.474. The minimum atomic E-state index is -0.474. The molecule has 1 saturated heterocycles. The number of carbonyl (C=O) groups is 1. The Morgan fingerprint density at radius 3 is 2.47 bits per heavy atom. The number of nitrogens with zero attached hydrogens (tertiary/aromatic N) is 1. The van der Waals surface area contributed by atoms with Crippen LogP contribution in [0.25, 0.3) is 0 Å². The lowest BCUT2D eigenvalue weighted by molar-refractivity contribution is 0.0269. The van der Waals surface area contributed by atoms with E-state index in [9.17, 15) is 9.90 Å². The Morgan fingerprint density at radius 1 is 1.41 bits per heavy atom. The van der Waals surface area contributed by atoms with Crippen molar-refractivity contribution in [3.05, 3.63) is 0 Å². The predicted octanol–water partition coefficient (Wildman–Crippen LogP) is 2.26. The Morgan fingerprint density at radius 2 is 2.00 bits per heavy atom. The molecule has 0 aliphatic carbocycles. The molecule has 0 aromatic rings. The van der Waals surface area contributed by atoms with E-state index in [4.69, 9.17) is 4.74 Å². The summed E-state index contributed by atoms with van der Waals surface area (Å²) in [4.78, 5) is 13.4. The molecule has 1 aliphatic rings. The highest BCUT2D eigenvalue weighted by Gasteiger charge is 2.36. The summed E-state index contributed by atoms with van der Waals surface area (Å²) in [5, 5.41) is 9.91. The van der Waals surface area contributed by atoms with E-state index in [0.717, 1.165) is 6.42 Å². The van der Waals surface area contributed by atoms with E-state index in [0.29, 0.717) is 19.0 Å². The van der Waals surface area contributed by atoms with Gasteiger partial charge in [0.2, 0.25) is 0 Å². The molecular weight excluding hydrogens is 218 g/mol. The third kappa shape index (κ3) is 4.54. The normalized spacial score (nSPS) is 25.5. The summed E-state index contributed by atoms with van der Waals surface area (Å²) >= 11 is 0. The molecular formula is C13H25NO3. The lowest BCUT2D eigenvalue weighted by Crippen LogP contribution is -2.35. The van der Waals surface area contributed by atoms with Gasteiger partial charge in [-0.3, -0.25) is 0 Å². The first kappa shape index (κ1) is 14.3. The van der Waals surface area contributed by atoms with E-state index in [1.165, 1.54) is 0 Å². The molecule has 1 rings (SSSR count). The van der Waals surface area contributed by atoms with Crippen molar-refractivity contribution in [3.8, 4) is 0 Å². The van der Waals surface area contributed by atoms with Crippen molar-refractivity contribution in [1.82, 2.24) is 4.90 Å². The largest absolute Gasteiger partial charge is 0.444 e. The molecule has 4 nitrogen and oxygen atoms in total. The minimum absolute atomic E-state index is 0.183. The topological polar surface area (TPSA) is 49.8 Å². The molecule has 0 radical (unpaired) electrons. The first-order chi connectivity index (χ1) is 7.69. The number of rotatable bonds is 2. The van der Waals surface area contributed by atoms with Crippen LogP contribution in [0.4, 0.5) is 4.79 Å². The molecule has 0 unspecified atom stereocenters. The Kier molecular flexibility index (Phi) is 4.42. The summed E-state index contributed by atoms with van der Waals surface area (Å²) in [6.45, 7) is 10.8. The van der Waals surface area contributed by atoms with Gasteiger partial charge in [-0.1, -0.05) is 13.8 Å². The minimum Gasteiger partial charge on any atom is -0.444 e. The fourth-order valence-electron chi connectivity index (χ4n) is 2.17. The van der Waals surface area contributed by atoms with E-state index < -0.39 is 11.7 Å². The molecule has 4 heteroatoms. The van der Waals surface area contributed by atoms with Crippen LogP contribution in [0.3, 0.4) is 0 Å². The SMILES string of the molecule is CC(C)C[C@H]1CN(C(=O)OC(C)(C)C)C[C@@H]1O. The lowest BCUT2D eigenvalue weighted by atomic mass is 9.95. The summed E-state index contributed by atoms with van der Waals surface area (Å²) in [5.74, 6) is 0.718. The van der Waals surface area contributed by atoms with Gasteiger partial charge in [-0.05, 0) is 33.1 Å². The molecule has 1 fully saturated rings. The van der Waals surface area contributed by atoms with Gasteiger partial charge in [0, 0.05) is 12.5 Å². The van der Waals surface area contributed by atoms with Crippen LogP contribution in [0.2, 0.25) is 0 Å². The zero-order valence-corrected chi connectivity index (χ0v) is 11.6. The molecule has 17 heavy (non-hydrogen) atoms. The third-order valence-corrected chi connectivity index (χ3v) is 2.83. The molecule has 0 spiro atoms. The molecule has 100 valence electrons. The molecule has 2 atom stereocenters. The van der Waals surface area contributed by atoms with Crippen molar-refractivity contribution in [3.63, 3.8) is 0 Å². The van der Waals surface area contributed by atoms with Gasteiger partial charge >= 0.3 is 6.09 Å². The van der Waals surface area contributed by atoms with Gasteiger partial charge in [-0.2, -0.15) is 0 Å². The Hall–Kier alpha value is -0.770. The second-order valence-electron chi connectivity index (χ2n) is 6.34. The summed E-state index contributed by atoms with van der Waals surface area (Å²) in [7, 11) is 0. The van der Waals surface area contributed by atoms with Crippen LogP contribution in [0.5, 0.6) is 0 Å². The number of β-amino-alcohol motifs (C(OH)–C–C–N with tert-alkyl or cyclic N) is 1. The van der Waals surface area contributed by atoms with Crippen molar-refractivity contribution in [2.24, 2.45) is 11.8 Å². The van der Waals surface area contributed by atoms with Gasteiger partial charge in [0.1, 0.15) is 5.60 Å². The van der Waals surface area contributed by atoms with Crippen molar-refractivity contribution in [2.45, 2.75) is 52.7 Å². The van der Waals surface area contributed by atoms with Gasteiger partial charge in [-0.25, -0.2) is 4.79 Å². The highest BCUT2D eigenvalue weighted by atomic mass is 16.6. The third-order valence-electron chi connectivity index (χ3n) is 2.83. The number of aliphatic hydroxyl groups excluding tert-OH is 1. The maximum Gasteiger partial charge on any atom is 0.410 e. The number of hydrogen-bond acceptors (Lipinski definition) is 3. The molecule has 1 N–H and O–H groups in total. The standard InChI is InChI=1S/C13H25NO3/c1-9(2)6-10-7-14(8-11(10)15)12(16)17-13(3,4)5/h9-11,15H,6-8H2,1-5H3/t10-,11-/m0/s1. The average molecular weight is 243 g/mol. The second kappa shape index (κ2) is 5.25. The maximum atomic E-state index is 11.8. The number of amides is 1. The quantitative estimate of drug-likeness (QED) is 0.809. The highest BCUT2D eigenvalue weighted by molar-refractivity contribution is 5.68. The fraction of sp³-hybridized carbons (Fsp3) is 0.923. The van der Waals surface area contributed by atoms with Crippen LogP contribution in [0.15, 0.2) is 0 Å². The van der Waals surface area contributed by atoms with Crippen molar-refractivity contribution in [2.75, 3.05) is 13.1 Å². The summed E-state index contributed by atoms with van der Waals surface area (Å²) in [6.07, 6.45) is 0.216. The van der Waals surface area contributed by atoms with Gasteiger partial charge in [-0.15, -0.1) is 0 Å². The van der Waals surface area contributed by atoms with Gasteiger partial charge in [0.05, 0.1) is 12.6 Å². The summed E-state index contributed by atoms with van der Waals surface area (Å²) in [6, 6.07) is 0. The Balaban J connectivity index is 2.51. The molecule has 0 saturated carbocycles. The fourth-order valence-corrected chi connectivity index (χ4v) is 2.17. The molecule has 1 amide bonds. The average Bonchev–Trinajstić information content (AvgIpc) is 2.44. The van der Waals surface area contributed by atoms with Crippen molar-refractivity contribution >= 4 is 6.09 Å². The monoisotopic (exact) mass is 243 g/mol. The number of aliphatic hydroxyl groups is 1. The highest BCUT2D eigenvalue weighted by Crippen LogP contribution is 2.25. The van der Waals surface area contributed by atoms with Crippen LogP contribution in [0.1, 0.15) is 41.0 Å². The van der Waals surface area contributed by atoms with Crippen molar-refractivity contribution < 1.29 is 14.6 Å². The smallest absolute Gasteiger partial charge is 0.410 e. The second-order valence-corrected chi connectivity index (χ2v) is 6.34. The van der Waals surface area contributed by atoms with Crippen molar-refractivity contribution in [1.29, 1.82) is 0 Å². The van der Waals surface area contributed by atoms with Crippen LogP contribution in [-0.2, 0) is 4.74 Å². The van der Waals surface area contributed by atoms with Crippen LogP contribution >= 0.6 is 0 Å². The van der Waals surface area contributed by atoms with Gasteiger partial charge in [0.15, 0.2) is 0 Å². The van der Waals surface area contributed by atoms with E-state index >= 15 is 0 Å². The van der Waals surface area contributed by atoms with Gasteiger partial charge < -0.3 is 14.7 Å². The van der Waals surface area contributed by atoms with Crippen LogP contribution < -0.4 is 0 Å². The Labute approximate surface area is 104 Å². The molecule has 0 bridgehead atoms. The van der Waals surface area contributed by atoms with E-state index in [1.807, 2.05) is 20.8 Å². The zero-order chi connectivity index (χ0) is 13.2. The first-order valence-electron chi connectivity index (χ1n) is 6.35. The van der Waals surface area contributed by atoms with Gasteiger partial charge in [0.25, 0.3) is 0 Å². The summed E-state index contributed by atoms with van der Waals surface area (Å²) < 4.78 is 5.30.